The molecule has 8 nitrogen and oxygen atoms in total. The zero-order valence-corrected chi connectivity index (χ0v) is 13.6. The van der Waals surface area contributed by atoms with Gasteiger partial charge in [-0.3, -0.25) is 4.79 Å². The van der Waals surface area contributed by atoms with Crippen LogP contribution >= 0.6 is 0 Å². The van der Waals surface area contributed by atoms with E-state index in [2.05, 4.69) is 5.32 Å². The maximum atomic E-state index is 13.3. The molecule has 140 valence electrons. The molecule has 1 saturated carbocycles. The monoisotopic (exact) mass is 349 g/mol. The van der Waals surface area contributed by atoms with Gasteiger partial charge < -0.3 is 36.5 Å². The van der Waals surface area contributed by atoms with E-state index in [9.17, 15) is 14.3 Å². The Balaban J connectivity index is 1.83. The minimum atomic E-state index is -1.79. The zero-order chi connectivity index (χ0) is 17.7. The number of nitrogens with two attached hydrogens (primary N) is 2. The summed E-state index contributed by atoms with van der Waals surface area (Å²) in [5, 5.41) is 21.3. The van der Waals surface area contributed by atoms with Gasteiger partial charge in [-0.2, -0.15) is 0 Å². The van der Waals surface area contributed by atoms with Crippen LogP contribution in [0, 0.1) is 0 Å². The van der Waals surface area contributed by atoms with Crippen molar-refractivity contribution in [3.8, 4) is 0 Å². The highest BCUT2D eigenvalue weighted by Crippen LogP contribution is 2.27. The summed E-state index contributed by atoms with van der Waals surface area (Å²) in [6.07, 6.45) is -1.24. The fraction of sp³-hybridized carbons (Fsp3) is 0.933. The molecule has 9 heteroatoms. The normalized spacial score (nSPS) is 36.3. The molecule has 7 unspecified atom stereocenters. The van der Waals surface area contributed by atoms with Gasteiger partial charge in [-0.25, -0.2) is 4.39 Å². The Labute approximate surface area is 140 Å². The minimum Gasteiger partial charge on any atom is -0.394 e. The Morgan fingerprint density at radius 3 is 2.75 bits per heavy atom. The summed E-state index contributed by atoms with van der Waals surface area (Å²) in [4.78, 5) is 11.9. The molecule has 0 spiro atoms. The van der Waals surface area contributed by atoms with Crippen molar-refractivity contribution in [1.82, 2.24) is 5.32 Å². The molecule has 1 aliphatic carbocycles. The second-order valence-corrected chi connectivity index (χ2v) is 6.57. The van der Waals surface area contributed by atoms with E-state index >= 15 is 0 Å². The fourth-order valence-corrected chi connectivity index (χ4v) is 3.24. The van der Waals surface area contributed by atoms with Crippen LogP contribution in [-0.2, 0) is 14.3 Å². The van der Waals surface area contributed by atoms with Crippen molar-refractivity contribution in [2.45, 2.75) is 75.0 Å². The summed E-state index contributed by atoms with van der Waals surface area (Å²) in [6, 6.07) is -0.474. The Kier molecular flexibility index (Phi) is 7.33. The lowest BCUT2D eigenvalue weighted by molar-refractivity contribution is -0.175. The van der Waals surface area contributed by atoms with Crippen LogP contribution in [0.15, 0.2) is 0 Å². The number of hydrogen-bond acceptors (Lipinski definition) is 7. The number of ether oxygens (including phenoxy) is 2. The van der Waals surface area contributed by atoms with Crippen molar-refractivity contribution >= 4 is 5.91 Å². The standard InChI is InChI=1S/C15H28FN3O5/c16-12(6-17)14(21)15(22)19-9-3-8(18)4-11(5-9)24-13-2-1-10(7-20)23-13/h8-14,20-21H,1-7,17-18H2,(H,19,22). The molecule has 7 atom stereocenters. The van der Waals surface area contributed by atoms with Crippen LogP contribution in [-0.4, -0.2) is 72.1 Å². The first-order chi connectivity index (χ1) is 11.4. The highest BCUT2D eigenvalue weighted by Gasteiger charge is 2.34. The van der Waals surface area contributed by atoms with Crippen LogP contribution < -0.4 is 16.8 Å². The lowest BCUT2D eigenvalue weighted by atomic mass is 9.89. The number of carbonyl (C=O) groups is 1. The largest absolute Gasteiger partial charge is 0.394 e. The van der Waals surface area contributed by atoms with E-state index in [0.717, 1.165) is 6.42 Å². The topological polar surface area (TPSA) is 140 Å². The van der Waals surface area contributed by atoms with E-state index in [1.165, 1.54) is 0 Å². The van der Waals surface area contributed by atoms with Crippen LogP contribution in [0.1, 0.15) is 32.1 Å². The number of amides is 1. The number of rotatable bonds is 7. The molecule has 24 heavy (non-hydrogen) atoms. The van der Waals surface area contributed by atoms with E-state index in [-0.39, 0.29) is 37.2 Å². The molecule has 2 rings (SSSR count). The predicted molar refractivity (Wildman–Crippen MR) is 83.6 cm³/mol. The van der Waals surface area contributed by atoms with Crippen molar-refractivity contribution in [2.75, 3.05) is 13.2 Å². The minimum absolute atomic E-state index is 0.0356. The third-order valence-electron chi connectivity index (χ3n) is 4.50. The fourth-order valence-electron chi connectivity index (χ4n) is 3.24. The maximum Gasteiger partial charge on any atom is 0.252 e. The molecule has 1 heterocycles. The quantitative estimate of drug-likeness (QED) is 0.378. The molecular formula is C15H28FN3O5. The molecule has 0 bridgehead atoms. The number of hydrogen-bond donors (Lipinski definition) is 5. The third-order valence-corrected chi connectivity index (χ3v) is 4.50. The molecule has 2 fully saturated rings. The number of halogens is 1. The highest BCUT2D eigenvalue weighted by molar-refractivity contribution is 5.81. The van der Waals surface area contributed by atoms with Crippen molar-refractivity contribution in [2.24, 2.45) is 11.5 Å². The second-order valence-electron chi connectivity index (χ2n) is 6.57. The summed E-state index contributed by atoms with van der Waals surface area (Å²) in [6.45, 7) is -0.457. The van der Waals surface area contributed by atoms with Gasteiger partial charge in [-0.1, -0.05) is 0 Å². The zero-order valence-electron chi connectivity index (χ0n) is 13.6. The van der Waals surface area contributed by atoms with Gasteiger partial charge in [0.05, 0.1) is 18.8 Å². The Morgan fingerprint density at radius 1 is 1.38 bits per heavy atom. The van der Waals surface area contributed by atoms with Crippen LogP contribution in [0.2, 0.25) is 0 Å². The van der Waals surface area contributed by atoms with E-state index in [1.54, 1.807) is 0 Å². The van der Waals surface area contributed by atoms with Crippen LogP contribution in [0.5, 0.6) is 0 Å². The SMILES string of the molecule is NCC(F)C(O)C(=O)NC1CC(N)CC(OC2CCC(CO)O2)C1. The summed E-state index contributed by atoms with van der Waals surface area (Å²) in [5.74, 6) is -0.789. The summed E-state index contributed by atoms with van der Waals surface area (Å²) in [5.41, 5.74) is 11.1. The average molecular weight is 349 g/mol. The molecule has 0 aromatic carbocycles. The van der Waals surface area contributed by atoms with Crippen LogP contribution in [0.4, 0.5) is 4.39 Å². The molecular weight excluding hydrogens is 321 g/mol. The summed E-state index contributed by atoms with van der Waals surface area (Å²) in [7, 11) is 0. The summed E-state index contributed by atoms with van der Waals surface area (Å²) >= 11 is 0. The number of alkyl halides is 1. The molecule has 1 aliphatic heterocycles. The molecule has 0 aromatic heterocycles. The third kappa shape index (κ3) is 5.33. The first kappa shape index (κ1) is 19.5. The maximum absolute atomic E-state index is 13.3. The molecule has 7 N–H and O–H groups in total. The van der Waals surface area contributed by atoms with Gasteiger partial charge >= 0.3 is 0 Å². The van der Waals surface area contributed by atoms with E-state index in [0.29, 0.717) is 25.7 Å². The average Bonchev–Trinajstić information content (AvgIpc) is 3.00. The van der Waals surface area contributed by atoms with Gasteiger partial charge in [0.1, 0.15) is 6.17 Å². The lowest BCUT2D eigenvalue weighted by Crippen LogP contribution is -2.52. The number of carbonyl (C=O) groups excluding carboxylic acids is 1. The summed E-state index contributed by atoms with van der Waals surface area (Å²) < 4.78 is 24.7. The van der Waals surface area contributed by atoms with E-state index < -0.39 is 24.7 Å². The van der Waals surface area contributed by atoms with Crippen molar-refractivity contribution < 1.29 is 28.9 Å². The Bertz CT molecular complexity index is 417. The van der Waals surface area contributed by atoms with Gasteiger partial charge in [-0.05, 0) is 25.7 Å². The van der Waals surface area contributed by atoms with Gasteiger partial charge in [0, 0.05) is 25.0 Å². The first-order valence-electron chi connectivity index (χ1n) is 8.42. The highest BCUT2D eigenvalue weighted by atomic mass is 19.1. The molecule has 1 saturated heterocycles. The number of aliphatic hydroxyl groups is 2. The first-order valence-corrected chi connectivity index (χ1v) is 8.42. The van der Waals surface area contributed by atoms with Crippen molar-refractivity contribution in [3.63, 3.8) is 0 Å². The van der Waals surface area contributed by atoms with Gasteiger partial charge in [0.2, 0.25) is 0 Å². The molecule has 2 aliphatic rings. The lowest BCUT2D eigenvalue weighted by Gasteiger charge is -2.35. The molecule has 0 aromatic rings. The molecule has 1 amide bonds. The van der Waals surface area contributed by atoms with Crippen molar-refractivity contribution in [1.29, 1.82) is 0 Å². The second kappa shape index (κ2) is 9.02. The van der Waals surface area contributed by atoms with E-state index in [4.69, 9.17) is 26.0 Å². The number of nitrogens with one attached hydrogen (secondary N) is 1. The van der Waals surface area contributed by atoms with E-state index in [1.807, 2.05) is 0 Å². The van der Waals surface area contributed by atoms with Gasteiger partial charge in [0.15, 0.2) is 12.4 Å². The van der Waals surface area contributed by atoms with Gasteiger partial charge in [-0.15, -0.1) is 0 Å². The van der Waals surface area contributed by atoms with Gasteiger partial charge in [0.25, 0.3) is 5.91 Å². The smallest absolute Gasteiger partial charge is 0.252 e. The van der Waals surface area contributed by atoms with Crippen molar-refractivity contribution in [3.05, 3.63) is 0 Å². The van der Waals surface area contributed by atoms with Crippen LogP contribution in [0.25, 0.3) is 0 Å². The Morgan fingerprint density at radius 2 is 2.12 bits per heavy atom. The predicted octanol–water partition coefficient (Wildman–Crippen LogP) is -1.48. The number of aliphatic hydroxyl groups excluding tert-OH is 2. The van der Waals surface area contributed by atoms with Crippen LogP contribution in [0.3, 0.4) is 0 Å². The molecule has 0 radical (unpaired) electrons. The Hall–Kier alpha value is -0.840.